The van der Waals surface area contributed by atoms with Crippen LogP contribution in [0, 0.1) is 5.92 Å². The Balaban J connectivity index is 1.98. The number of pyridine rings is 1. The number of carbonyl (C=O) groups excluding carboxylic acids is 1. The lowest BCUT2D eigenvalue weighted by molar-refractivity contribution is -0.136. The number of aliphatic hydroxyl groups excluding tert-OH is 1. The first kappa shape index (κ1) is 30.6. The summed E-state index contributed by atoms with van der Waals surface area (Å²) >= 11 is 0. The third-order valence-corrected chi connectivity index (χ3v) is 6.82. The molecule has 206 valence electrons. The van der Waals surface area contributed by atoms with Gasteiger partial charge in [-0.25, -0.2) is 8.78 Å². The van der Waals surface area contributed by atoms with Crippen LogP contribution >= 0.6 is 0 Å². The Morgan fingerprint density at radius 2 is 2.00 bits per heavy atom. The van der Waals surface area contributed by atoms with E-state index in [4.69, 9.17) is 0 Å². The van der Waals surface area contributed by atoms with Crippen LogP contribution in [0.15, 0.2) is 55.4 Å². The summed E-state index contributed by atoms with van der Waals surface area (Å²) in [5, 5.41) is 17.7. The number of halogens is 2. The van der Waals surface area contributed by atoms with Crippen LogP contribution in [0.5, 0.6) is 0 Å². The van der Waals surface area contributed by atoms with E-state index in [1.165, 1.54) is 29.8 Å². The maximum absolute atomic E-state index is 13.1. The summed E-state index contributed by atoms with van der Waals surface area (Å²) in [4.78, 5) is 20.4. The number of allylic oxidation sites excluding steroid dienone is 2. The minimum atomic E-state index is -2.58. The fraction of sp³-hybridized carbons (Fsp3) is 0.571. The molecule has 3 N–H and O–H groups in total. The number of nitrogens with one attached hydrogen (secondary N) is 2. The summed E-state index contributed by atoms with van der Waals surface area (Å²) < 4.78 is 25.6. The highest BCUT2D eigenvalue weighted by atomic mass is 19.3. The molecule has 0 aliphatic heterocycles. The lowest BCUT2D eigenvalue weighted by Crippen LogP contribution is -2.48. The molecule has 0 radical (unpaired) electrons. The number of hydrogen-bond donors (Lipinski definition) is 3. The maximum Gasteiger partial charge on any atom is 0.280 e. The number of likely N-dealkylation sites (N-methyl/N-ethyl adjacent to an activating group) is 1. The Morgan fingerprint density at radius 1 is 1.27 bits per heavy atom. The topological polar surface area (TPSA) is 80.7 Å². The molecule has 0 bridgehead atoms. The third-order valence-electron chi connectivity index (χ3n) is 6.82. The van der Waals surface area contributed by atoms with Gasteiger partial charge in [-0.1, -0.05) is 50.1 Å². The van der Waals surface area contributed by atoms with E-state index in [0.717, 1.165) is 36.9 Å². The van der Waals surface area contributed by atoms with Crippen LogP contribution < -0.4 is 15.5 Å². The smallest absolute Gasteiger partial charge is 0.280 e. The number of anilines is 1. The van der Waals surface area contributed by atoms with Gasteiger partial charge in [-0.2, -0.15) is 0 Å². The molecule has 9 heteroatoms. The van der Waals surface area contributed by atoms with Gasteiger partial charge in [0.1, 0.15) is 11.9 Å². The van der Waals surface area contributed by atoms with Crippen molar-refractivity contribution >= 4 is 11.6 Å². The van der Waals surface area contributed by atoms with Gasteiger partial charge in [-0.3, -0.25) is 15.1 Å². The molecule has 37 heavy (non-hydrogen) atoms. The molecule has 1 aliphatic rings. The van der Waals surface area contributed by atoms with Crippen LogP contribution in [0.2, 0.25) is 0 Å². The first-order chi connectivity index (χ1) is 17.8. The van der Waals surface area contributed by atoms with Gasteiger partial charge in [0, 0.05) is 39.3 Å². The zero-order valence-electron chi connectivity index (χ0n) is 22.2. The number of carbonyl (C=O) groups is 1. The normalized spacial score (nSPS) is 16.3. The Bertz CT molecular complexity index is 872. The standard InChI is InChI=1S/C28H43F2N5O2/c1-5-11-21(19-31-16-17-35(7-3)23-14-15-25(26(29)30)32-20-23)18-24(28(37)34(4)6-2)27(36)33-22-12-9-8-10-13-22/h5-6,11,14-15,20,22,24,26-27,31,33,36H,1-2,7-10,12-13,16-19H2,3-4H3/b21-11-. The zero-order chi connectivity index (χ0) is 27.2. The van der Waals surface area contributed by atoms with Crippen LogP contribution in [-0.4, -0.2) is 66.4 Å². The summed E-state index contributed by atoms with van der Waals surface area (Å²) in [6, 6.07) is 3.22. The van der Waals surface area contributed by atoms with Gasteiger partial charge in [-0.15, -0.1) is 0 Å². The summed E-state index contributed by atoms with van der Waals surface area (Å²) in [7, 11) is 1.65. The van der Waals surface area contributed by atoms with Crippen molar-refractivity contribution in [2.45, 2.75) is 64.1 Å². The molecule has 1 heterocycles. The van der Waals surface area contributed by atoms with Crippen molar-refractivity contribution in [2.24, 2.45) is 5.92 Å². The Labute approximate surface area is 220 Å². The molecule has 1 amide bonds. The molecule has 2 rings (SSSR count). The molecule has 2 atom stereocenters. The number of aliphatic hydroxyl groups is 1. The second-order valence-electron chi connectivity index (χ2n) is 9.45. The number of nitrogens with zero attached hydrogens (tertiary/aromatic N) is 3. The van der Waals surface area contributed by atoms with Crippen LogP contribution in [0.4, 0.5) is 14.5 Å². The Hall–Kier alpha value is -2.62. The fourth-order valence-corrected chi connectivity index (χ4v) is 4.61. The molecule has 1 saturated carbocycles. The van der Waals surface area contributed by atoms with Crippen LogP contribution in [0.25, 0.3) is 0 Å². The highest BCUT2D eigenvalue weighted by Gasteiger charge is 2.31. The minimum absolute atomic E-state index is 0.197. The third kappa shape index (κ3) is 9.98. The van der Waals surface area contributed by atoms with Gasteiger partial charge >= 0.3 is 0 Å². The Morgan fingerprint density at radius 3 is 2.57 bits per heavy atom. The van der Waals surface area contributed by atoms with Crippen molar-refractivity contribution in [1.82, 2.24) is 20.5 Å². The minimum Gasteiger partial charge on any atom is -0.378 e. The second-order valence-corrected chi connectivity index (χ2v) is 9.45. The quantitative estimate of drug-likeness (QED) is 0.171. The number of hydrogen-bond acceptors (Lipinski definition) is 6. The van der Waals surface area contributed by atoms with Gasteiger partial charge in [0.15, 0.2) is 0 Å². The second kappa shape index (κ2) is 16.3. The molecule has 0 saturated heterocycles. The average Bonchev–Trinajstić information content (AvgIpc) is 2.91. The largest absolute Gasteiger partial charge is 0.378 e. The van der Waals surface area contributed by atoms with Crippen LogP contribution in [0.3, 0.4) is 0 Å². The van der Waals surface area contributed by atoms with Crippen molar-refractivity contribution in [2.75, 3.05) is 38.1 Å². The predicted molar refractivity (Wildman–Crippen MR) is 145 cm³/mol. The number of amides is 1. The fourth-order valence-electron chi connectivity index (χ4n) is 4.61. The summed E-state index contributed by atoms with van der Waals surface area (Å²) in [5.74, 6) is -0.859. The van der Waals surface area contributed by atoms with Crippen molar-refractivity contribution in [3.8, 4) is 0 Å². The number of aromatic nitrogens is 1. The van der Waals surface area contributed by atoms with E-state index in [-0.39, 0.29) is 17.6 Å². The lowest BCUT2D eigenvalue weighted by atomic mass is 9.92. The first-order valence-electron chi connectivity index (χ1n) is 13.1. The highest BCUT2D eigenvalue weighted by Crippen LogP contribution is 2.23. The molecule has 1 fully saturated rings. The first-order valence-corrected chi connectivity index (χ1v) is 13.1. The van der Waals surface area contributed by atoms with Crippen LogP contribution in [0.1, 0.15) is 57.6 Å². The number of alkyl halides is 2. The van der Waals surface area contributed by atoms with E-state index in [9.17, 15) is 18.7 Å². The summed E-state index contributed by atoms with van der Waals surface area (Å²) in [6.45, 7) is 12.0. The predicted octanol–water partition coefficient (Wildman–Crippen LogP) is 4.40. The summed E-state index contributed by atoms with van der Waals surface area (Å²) in [5.41, 5.74) is 1.50. The SMILES string of the molecule is C=C/C=C(\CNCCN(CC)c1ccc(C(F)F)nc1)CC(C(=O)N(C)C=C)C(O)NC1CCCCC1. The molecular weight excluding hydrogens is 476 g/mol. The van der Waals surface area contributed by atoms with Crippen molar-refractivity contribution in [3.05, 3.63) is 61.1 Å². The molecule has 1 aromatic heterocycles. The average molecular weight is 520 g/mol. The van der Waals surface area contributed by atoms with Crippen molar-refractivity contribution < 1.29 is 18.7 Å². The van der Waals surface area contributed by atoms with E-state index in [1.54, 1.807) is 19.2 Å². The Kier molecular flexibility index (Phi) is 13.5. The summed E-state index contributed by atoms with van der Waals surface area (Å²) in [6.07, 6.45) is 8.77. The molecule has 0 aromatic carbocycles. The molecule has 7 nitrogen and oxygen atoms in total. The zero-order valence-corrected chi connectivity index (χ0v) is 22.2. The van der Waals surface area contributed by atoms with Crippen molar-refractivity contribution in [1.29, 1.82) is 0 Å². The molecule has 1 aromatic rings. The van der Waals surface area contributed by atoms with E-state index < -0.39 is 18.6 Å². The molecule has 0 spiro atoms. The van der Waals surface area contributed by atoms with Gasteiger partial charge in [0.05, 0.1) is 17.8 Å². The van der Waals surface area contributed by atoms with E-state index in [2.05, 4.69) is 33.7 Å². The van der Waals surface area contributed by atoms with E-state index in [1.807, 2.05) is 13.0 Å². The monoisotopic (exact) mass is 519 g/mol. The van der Waals surface area contributed by atoms with Gasteiger partial charge in [-0.05, 0) is 44.5 Å². The van der Waals surface area contributed by atoms with Gasteiger partial charge in [0.25, 0.3) is 6.43 Å². The van der Waals surface area contributed by atoms with E-state index >= 15 is 0 Å². The maximum atomic E-state index is 13.1. The lowest BCUT2D eigenvalue weighted by Gasteiger charge is -2.31. The van der Waals surface area contributed by atoms with Gasteiger partial charge < -0.3 is 20.2 Å². The number of rotatable bonds is 16. The highest BCUT2D eigenvalue weighted by molar-refractivity contribution is 5.80. The molecular formula is C28H43F2N5O2. The van der Waals surface area contributed by atoms with Gasteiger partial charge in [0.2, 0.25) is 5.91 Å². The van der Waals surface area contributed by atoms with E-state index in [0.29, 0.717) is 32.6 Å². The van der Waals surface area contributed by atoms with Crippen molar-refractivity contribution in [3.63, 3.8) is 0 Å². The molecule has 1 aliphatic carbocycles. The van der Waals surface area contributed by atoms with Crippen LogP contribution in [-0.2, 0) is 4.79 Å². The molecule has 2 unspecified atom stereocenters.